The van der Waals surface area contributed by atoms with Crippen molar-refractivity contribution < 1.29 is 13.9 Å². The maximum absolute atomic E-state index is 13.4. The molecule has 1 amide bonds. The molecule has 3 rings (SSSR count). The van der Waals surface area contributed by atoms with Gasteiger partial charge in [-0.1, -0.05) is 25.0 Å². The summed E-state index contributed by atoms with van der Waals surface area (Å²) >= 11 is 0. The first-order valence-electron chi connectivity index (χ1n) is 11.0. The van der Waals surface area contributed by atoms with E-state index in [2.05, 4.69) is 25.8 Å². The van der Waals surface area contributed by atoms with Gasteiger partial charge in [-0.25, -0.2) is 4.39 Å². The van der Waals surface area contributed by atoms with Gasteiger partial charge in [0.25, 0.3) is 0 Å². The number of guanidine groups is 1. The number of carbonyl (C=O) groups is 1. The van der Waals surface area contributed by atoms with E-state index in [1.54, 1.807) is 7.05 Å². The van der Waals surface area contributed by atoms with Gasteiger partial charge in [-0.3, -0.25) is 14.7 Å². The Morgan fingerprint density at radius 1 is 1.20 bits per heavy atom. The maximum Gasteiger partial charge on any atom is 0.221 e. The molecular weight excluding hydrogens is 385 g/mol. The zero-order valence-corrected chi connectivity index (χ0v) is 17.8. The van der Waals surface area contributed by atoms with E-state index >= 15 is 0 Å². The lowest BCUT2D eigenvalue weighted by Gasteiger charge is -2.35. The van der Waals surface area contributed by atoms with Gasteiger partial charge in [0.2, 0.25) is 5.91 Å². The van der Waals surface area contributed by atoms with Crippen LogP contribution in [0.4, 0.5) is 4.39 Å². The van der Waals surface area contributed by atoms with E-state index < -0.39 is 0 Å². The lowest BCUT2D eigenvalue weighted by atomic mass is 10.0. The number of halogens is 1. The van der Waals surface area contributed by atoms with Gasteiger partial charge in [-0.05, 0) is 30.5 Å². The van der Waals surface area contributed by atoms with Gasteiger partial charge in [-0.15, -0.1) is 0 Å². The van der Waals surface area contributed by atoms with Crippen LogP contribution in [0.1, 0.15) is 43.7 Å². The highest BCUT2D eigenvalue weighted by Gasteiger charge is 2.23. The molecule has 1 aliphatic heterocycles. The number of rotatable bonds is 8. The van der Waals surface area contributed by atoms with E-state index in [1.165, 1.54) is 25.0 Å². The van der Waals surface area contributed by atoms with E-state index in [4.69, 9.17) is 4.74 Å². The third-order valence-electron chi connectivity index (χ3n) is 5.79. The Hall–Kier alpha value is -2.19. The number of morpholine rings is 1. The maximum atomic E-state index is 13.4. The first kappa shape index (κ1) is 22.5. The van der Waals surface area contributed by atoms with E-state index in [-0.39, 0.29) is 17.8 Å². The highest BCUT2D eigenvalue weighted by molar-refractivity contribution is 5.81. The molecule has 1 unspecified atom stereocenters. The normalized spacial score (nSPS) is 19.5. The van der Waals surface area contributed by atoms with Gasteiger partial charge in [0.05, 0.1) is 19.3 Å². The molecule has 8 heteroatoms. The first-order valence-corrected chi connectivity index (χ1v) is 11.0. The Kier molecular flexibility index (Phi) is 8.89. The van der Waals surface area contributed by atoms with E-state index in [1.807, 2.05) is 12.1 Å². The standard InChI is InChI=1S/C22H34FN5O2/c1-24-22(25-11-10-21(29)27-19-4-2-3-5-19)26-16-20(28-12-14-30-15-13-28)17-6-8-18(23)9-7-17/h6-9,19-20H,2-5,10-16H2,1H3,(H,27,29)(H2,24,25,26). The van der Waals surface area contributed by atoms with Gasteiger partial charge < -0.3 is 20.7 Å². The van der Waals surface area contributed by atoms with Gasteiger partial charge in [0, 0.05) is 45.7 Å². The van der Waals surface area contributed by atoms with Crippen molar-refractivity contribution >= 4 is 11.9 Å². The van der Waals surface area contributed by atoms with Crippen molar-refractivity contribution in [2.45, 2.75) is 44.2 Å². The number of hydrogen-bond donors (Lipinski definition) is 3. The Balaban J connectivity index is 1.48. The van der Waals surface area contributed by atoms with Crippen LogP contribution in [0.15, 0.2) is 29.3 Å². The fraction of sp³-hybridized carbons (Fsp3) is 0.636. The average Bonchev–Trinajstić information content (AvgIpc) is 3.27. The van der Waals surface area contributed by atoms with Crippen LogP contribution in [0.25, 0.3) is 0 Å². The number of carbonyl (C=O) groups excluding carboxylic acids is 1. The van der Waals surface area contributed by atoms with Gasteiger partial charge in [0.15, 0.2) is 5.96 Å². The molecule has 0 radical (unpaired) electrons. The van der Waals surface area contributed by atoms with Crippen LogP contribution in [0.3, 0.4) is 0 Å². The molecule has 2 aliphatic rings. The van der Waals surface area contributed by atoms with Crippen LogP contribution in [0.2, 0.25) is 0 Å². The molecule has 30 heavy (non-hydrogen) atoms. The second kappa shape index (κ2) is 11.9. The summed E-state index contributed by atoms with van der Waals surface area (Å²) in [4.78, 5) is 18.7. The monoisotopic (exact) mass is 419 g/mol. The van der Waals surface area contributed by atoms with Crippen molar-refractivity contribution in [3.8, 4) is 0 Å². The molecule has 1 saturated heterocycles. The average molecular weight is 420 g/mol. The summed E-state index contributed by atoms with van der Waals surface area (Å²) < 4.78 is 18.9. The van der Waals surface area contributed by atoms with E-state index in [0.29, 0.717) is 44.7 Å². The van der Waals surface area contributed by atoms with Crippen molar-refractivity contribution in [1.29, 1.82) is 0 Å². The van der Waals surface area contributed by atoms with E-state index in [9.17, 15) is 9.18 Å². The molecule has 166 valence electrons. The SMILES string of the molecule is CN=C(NCCC(=O)NC1CCCC1)NCC(c1ccc(F)cc1)N1CCOCC1. The molecule has 1 atom stereocenters. The molecule has 0 bridgehead atoms. The largest absolute Gasteiger partial charge is 0.379 e. The van der Waals surface area contributed by atoms with Crippen molar-refractivity contribution in [3.05, 3.63) is 35.6 Å². The Morgan fingerprint density at radius 3 is 2.57 bits per heavy atom. The number of nitrogens with one attached hydrogen (secondary N) is 3. The molecule has 1 saturated carbocycles. The quantitative estimate of drug-likeness (QED) is 0.443. The highest BCUT2D eigenvalue weighted by atomic mass is 19.1. The zero-order chi connectivity index (χ0) is 21.2. The molecule has 2 fully saturated rings. The van der Waals surface area contributed by atoms with Gasteiger partial charge in [0.1, 0.15) is 5.82 Å². The summed E-state index contributed by atoms with van der Waals surface area (Å²) in [6, 6.07) is 7.09. The fourth-order valence-corrected chi connectivity index (χ4v) is 4.11. The van der Waals surface area contributed by atoms with Crippen LogP contribution in [0, 0.1) is 5.82 Å². The summed E-state index contributed by atoms with van der Waals surface area (Å²) in [6.45, 7) is 4.20. The molecule has 3 N–H and O–H groups in total. The minimum Gasteiger partial charge on any atom is -0.379 e. The zero-order valence-electron chi connectivity index (χ0n) is 17.8. The van der Waals surface area contributed by atoms with Gasteiger partial charge >= 0.3 is 0 Å². The second-order valence-electron chi connectivity index (χ2n) is 7.89. The minimum absolute atomic E-state index is 0.0821. The van der Waals surface area contributed by atoms with E-state index in [0.717, 1.165) is 31.5 Å². The third kappa shape index (κ3) is 6.95. The Labute approximate surface area is 178 Å². The van der Waals surface area contributed by atoms with Crippen molar-refractivity contribution in [3.63, 3.8) is 0 Å². The van der Waals surface area contributed by atoms with Crippen LogP contribution in [-0.2, 0) is 9.53 Å². The number of aliphatic imine (C=N–C) groups is 1. The van der Waals surface area contributed by atoms with Crippen molar-refractivity contribution in [2.24, 2.45) is 4.99 Å². The molecule has 1 aliphatic carbocycles. The molecular formula is C22H34FN5O2. The predicted molar refractivity (Wildman–Crippen MR) is 116 cm³/mol. The third-order valence-corrected chi connectivity index (χ3v) is 5.79. The van der Waals surface area contributed by atoms with Crippen LogP contribution in [0.5, 0.6) is 0 Å². The van der Waals surface area contributed by atoms with Crippen LogP contribution < -0.4 is 16.0 Å². The summed E-state index contributed by atoms with van der Waals surface area (Å²) in [5.41, 5.74) is 1.05. The van der Waals surface area contributed by atoms with Crippen LogP contribution in [-0.4, -0.2) is 69.2 Å². The molecule has 0 aromatic heterocycles. The topological polar surface area (TPSA) is 78.0 Å². The summed E-state index contributed by atoms with van der Waals surface area (Å²) in [5, 5.41) is 9.68. The molecule has 1 aromatic carbocycles. The summed E-state index contributed by atoms with van der Waals surface area (Å²) in [5.74, 6) is 0.507. The number of ether oxygens (including phenoxy) is 1. The summed E-state index contributed by atoms with van der Waals surface area (Å²) in [7, 11) is 1.72. The fourth-order valence-electron chi connectivity index (χ4n) is 4.11. The number of nitrogens with zero attached hydrogens (tertiary/aromatic N) is 2. The number of hydrogen-bond acceptors (Lipinski definition) is 4. The van der Waals surface area contributed by atoms with Crippen LogP contribution >= 0.6 is 0 Å². The lowest BCUT2D eigenvalue weighted by Crippen LogP contribution is -2.46. The molecule has 1 heterocycles. The van der Waals surface area contributed by atoms with Crippen molar-refractivity contribution in [2.75, 3.05) is 46.4 Å². The smallest absolute Gasteiger partial charge is 0.221 e. The Bertz CT molecular complexity index is 685. The van der Waals surface area contributed by atoms with Crippen molar-refractivity contribution in [1.82, 2.24) is 20.9 Å². The number of amides is 1. The Morgan fingerprint density at radius 2 is 1.90 bits per heavy atom. The summed E-state index contributed by atoms with van der Waals surface area (Å²) in [6.07, 6.45) is 5.02. The first-order chi connectivity index (χ1) is 14.7. The minimum atomic E-state index is -0.235. The second-order valence-corrected chi connectivity index (χ2v) is 7.89. The molecule has 7 nitrogen and oxygen atoms in total. The lowest BCUT2D eigenvalue weighted by molar-refractivity contribution is -0.121. The number of benzene rings is 1. The predicted octanol–water partition coefficient (Wildman–Crippen LogP) is 1.81. The molecule has 1 aromatic rings. The molecule has 0 spiro atoms. The highest BCUT2D eigenvalue weighted by Crippen LogP contribution is 2.21. The van der Waals surface area contributed by atoms with Gasteiger partial charge in [-0.2, -0.15) is 0 Å².